The average Bonchev–Trinajstić information content (AvgIpc) is 3.26. The Balaban J connectivity index is 1.19. The van der Waals surface area contributed by atoms with Crippen molar-refractivity contribution >= 4 is 23.1 Å². The minimum Gasteiger partial charge on any atom is -0.367 e. The first-order valence-corrected chi connectivity index (χ1v) is 12.0. The largest absolute Gasteiger partial charge is 0.367 e. The van der Waals surface area contributed by atoms with Gasteiger partial charge in [0.1, 0.15) is 0 Å². The summed E-state index contributed by atoms with van der Waals surface area (Å²) in [5, 5.41) is 7.53. The van der Waals surface area contributed by atoms with E-state index in [2.05, 4.69) is 53.4 Å². The zero-order valence-corrected chi connectivity index (χ0v) is 20.2. The molecular formula is C26H30N8O. The summed E-state index contributed by atoms with van der Waals surface area (Å²) in [6, 6.07) is 14.1. The number of benzene rings is 1. The van der Waals surface area contributed by atoms with Gasteiger partial charge in [-0.1, -0.05) is 12.1 Å². The first kappa shape index (κ1) is 22.9. The van der Waals surface area contributed by atoms with Crippen molar-refractivity contribution < 1.29 is 4.79 Å². The molecule has 0 saturated carbocycles. The molecule has 4 aromatic rings. The van der Waals surface area contributed by atoms with Crippen LogP contribution >= 0.6 is 0 Å². The molecule has 0 radical (unpaired) electrons. The van der Waals surface area contributed by atoms with Crippen molar-refractivity contribution in [2.24, 2.45) is 0 Å². The molecule has 3 aromatic heterocycles. The van der Waals surface area contributed by atoms with E-state index in [0.717, 1.165) is 61.9 Å². The normalized spacial score (nSPS) is 14.4. The second-order valence-corrected chi connectivity index (χ2v) is 8.95. The van der Waals surface area contributed by atoms with Crippen molar-refractivity contribution in [3.8, 4) is 0 Å². The number of hydrogen-bond acceptors (Lipinski definition) is 7. The maximum absolute atomic E-state index is 12.9. The van der Waals surface area contributed by atoms with E-state index in [-0.39, 0.29) is 12.3 Å². The number of fused-ring (bicyclic) bond motifs is 1. The first-order chi connectivity index (χ1) is 17.0. The van der Waals surface area contributed by atoms with Crippen molar-refractivity contribution in [2.75, 3.05) is 42.9 Å². The zero-order valence-electron chi connectivity index (χ0n) is 20.2. The lowest BCUT2D eigenvalue weighted by molar-refractivity contribution is -0.115. The Bertz CT molecular complexity index is 1310. The SMILES string of the molecule is Cc1cc(C)n2nc(CC(=O)Nc3ccccc3N3CCN(CCc4ccncc4)CC3)nc2n1. The third-order valence-corrected chi connectivity index (χ3v) is 6.34. The van der Waals surface area contributed by atoms with Gasteiger partial charge in [0, 0.05) is 56.5 Å². The quantitative estimate of drug-likeness (QED) is 0.444. The Hall–Kier alpha value is -3.85. The standard InChI is InChI=1S/C26H30N8O/c1-19-17-20(2)34-26(28-19)30-24(31-34)18-25(35)29-22-5-3-4-6-23(22)33-15-13-32(14-16-33)12-9-21-7-10-27-11-8-21/h3-8,10-11,17H,9,12-16,18H2,1-2H3,(H,29,35). The summed E-state index contributed by atoms with van der Waals surface area (Å²) in [5.41, 5.74) is 5.00. The topological polar surface area (TPSA) is 91.6 Å². The third kappa shape index (κ3) is 5.46. The molecule has 180 valence electrons. The molecule has 1 aliphatic rings. The molecule has 0 aliphatic carbocycles. The van der Waals surface area contributed by atoms with E-state index < -0.39 is 0 Å². The highest BCUT2D eigenvalue weighted by Crippen LogP contribution is 2.27. The van der Waals surface area contributed by atoms with Crippen LogP contribution in [-0.4, -0.2) is 68.1 Å². The second kappa shape index (κ2) is 10.2. The minimum atomic E-state index is -0.140. The van der Waals surface area contributed by atoms with Gasteiger partial charge in [-0.05, 0) is 56.2 Å². The fourth-order valence-electron chi connectivity index (χ4n) is 4.52. The number of anilines is 2. The molecule has 1 saturated heterocycles. The van der Waals surface area contributed by atoms with Crippen molar-refractivity contribution in [3.05, 3.63) is 77.6 Å². The van der Waals surface area contributed by atoms with Gasteiger partial charge in [-0.25, -0.2) is 9.50 Å². The summed E-state index contributed by atoms with van der Waals surface area (Å²) in [4.78, 5) is 30.6. The van der Waals surface area contributed by atoms with Crippen molar-refractivity contribution in [2.45, 2.75) is 26.7 Å². The van der Waals surface area contributed by atoms with E-state index in [1.165, 1.54) is 5.56 Å². The number of nitrogens with one attached hydrogen (secondary N) is 1. The van der Waals surface area contributed by atoms with Crippen LogP contribution in [0.5, 0.6) is 0 Å². The number of carbonyl (C=O) groups is 1. The lowest BCUT2D eigenvalue weighted by Crippen LogP contribution is -2.47. The summed E-state index contributed by atoms with van der Waals surface area (Å²) in [6.07, 6.45) is 4.82. The molecular weight excluding hydrogens is 440 g/mol. The Morgan fingerprint density at radius 3 is 2.57 bits per heavy atom. The number of pyridine rings is 1. The van der Waals surface area contributed by atoms with Gasteiger partial charge in [0.15, 0.2) is 5.82 Å². The molecule has 1 aliphatic heterocycles. The smallest absolute Gasteiger partial charge is 0.252 e. The van der Waals surface area contributed by atoms with Gasteiger partial charge in [-0.15, -0.1) is 5.10 Å². The highest BCUT2D eigenvalue weighted by atomic mass is 16.1. The van der Waals surface area contributed by atoms with E-state index in [1.54, 1.807) is 4.52 Å². The van der Waals surface area contributed by atoms with E-state index in [1.807, 2.05) is 50.5 Å². The maximum atomic E-state index is 12.9. The molecule has 4 heterocycles. The molecule has 0 atom stereocenters. The van der Waals surface area contributed by atoms with Crippen molar-refractivity contribution in [3.63, 3.8) is 0 Å². The number of carbonyl (C=O) groups excluding carboxylic acids is 1. The highest BCUT2D eigenvalue weighted by molar-refractivity contribution is 5.95. The van der Waals surface area contributed by atoms with Crippen molar-refractivity contribution in [1.29, 1.82) is 0 Å². The number of hydrogen-bond donors (Lipinski definition) is 1. The molecule has 1 aromatic carbocycles. The van der Waals surface area contributed by atoms with Gasteiger partial charge in [-0.2, -0.15) is 4.98 Å². The fraction of sp³-hybridized carbons (Fsp3) is 0.346. The zero-order chi connectivity index (χ0) is 24.2. The number of aryl methyl sites for hydroxylation is 2. The lowest BCUT2D eigenvalue weighted by atomic mass is 10.1. The molecule has 1 amide bonds. The Morgan fingerprint density at radius 1 is 1.00 bits per heavy atom. The number of amides is 1. The molecule has 0 spiro atoms. The molecule has 5 rings (SSSR count). The van der Waals surface area contributed by atoms with E-state index >= 15 is 0 Å². The molecule has 9 nitrogen and oxygen atoms in total. The van der Waals surface area contributed by atoms with Crippen LogP contribution in [0.3, 0.4) is 0 Å². The lowest BCUT2D eigenvalue weighted by Gasteiger charge is -2.37. The predicted molar refractivity (Wildman–Crippen MR) is 136 cm³/mol. The Morgan fingerprint density at radius 2 is 1.77 bits per heavy atom. The monoisotopic (exact) mass is 470 g/mol. The van der Waals surface area contributed by atoms with Crippen LogP contribution in [-0.2, 0) is 17.6 Å². The molecule has 1 N–H and O–H groups in total. The van der Waals surface area contributed by atoms with E-state index in [9.17, 15) is 4.79 Å². The molecule has 0 bridgehead atoms. The van der Waals surface area contributed by atoms with Gasteiger partial charge >= 0.3 is 0 Å². The maximum Gasteiger partial charge on any atom is 0.252 e. The van der Waals surface area contributed by atoms with Crippen LogP contribution in [0.25, 0.3) is 5.78 Å². The van der Waals surface area contributed by atoms with Gasteiger partial charge in [0.25, 0.3) is 5.78 Å². The summed E-state index contributed by atoms with van der Waals surface area (Å²) in [5.74, 6) is 0.843. The summed E-state index contributed by atoms with van der Waals surface area (Å²) < 4.78 is 1.68. The van der Waals surface area contributed by atoms with E-state index in [4.69, 9.17) is 0 Å². The predicted octanol–water partition coefficient (Wildman–Crippen LogP) is 2.68. The van der Waals surface area contributed by atoms with Crippen LogP contribution in [0.4, 0.5) is 11.4 Å². The van der Waals surface area contributed by atoms with Gasteiger partial charge in [-0.3, -0.25) is 14.7 Å². The van der Waals surface area contributed by atoms with Crippen LogP contribution in [0.15, 0.2) is 54.9 Å². The van der Waals surface area contributed by atoms with Gasteiger partial charge in [0.05, 0.1) is 17.8 Å². The van der Waals surface area contributed by atoms with Crippen LogP contribution in [0.1, 0.15) is 22.8 Å². The number of piperazine rings is 1. The minimum absolute atomic E-state index is 0.0962. The molecule has 1 fully saturated rings. The van der Waals surface area contributed by atoms with Crippen LogP contribution in [0, 0.1) is 13.8 Å². The summed E-state index contributed by atoms with van der Waals surface area (Å²) >= 11 is 0. The van der Waals surface area contributed by atoms with Gasteiger partial charge < -0.3 is 10.2 Å². The fourth-order valence-corrected chi connectivity index (χ4v) is 4.52. The second-order valence-electron chi connectivity index (χ2n) is 8.95. The van der Waals surface area contributed by atoms with E-state index in [0.29, 0.717) is 11.6 Å². The molecule has 0 unspecified atom stereocenters. The number of aromatic nitrogens is 5. The molecule has 9 heteroatoms. The number of rotatable bonds is 7. The van der Waals surface area contributed by atoms with Gasteiger partial charge in [0.2, 0.25) is 5.91 Å². The van der Waals surface area contributed by atoms with Crippen LogP contribution in [0.2, 0.25) is 0 Å². The number of nitrogens with zero attached hydrogens (tertiary/aromatic N) is 7. The first-order valence-electron chi connectivity index (χ1n) is 12.0. The average molecular weight is 471 g/mol. The summed E-state index contributed by atoms with van der Waals surface area (Å²) in [7, 11) is 0. The van der Waals surface area contributed by atoms with Crippen molar-refractivity contribution in [1.82, 2.24) is 29.5 Å². The molecule has 35 heavy (non-hydrogen) atoms. The Labute approximate surface area is 204 Å². The third-order valence-electron chi connectivity index (χ3n) is 6.34. The van der Waals surface area contributed by atoms with Crippen LogP contribution < -0.4 is 10.2 Å². The summed E-state index contributed by atoms with van der Waals surface area (Å²) in [6.45, 7) is 8.73. The number of para-hydroxylation sites is 2. The highest BCUT2D eigenvalue weighted by Gasteiger charge is 2.20. The Kier molecular flexibility index (Phi) is 6.67.